The molecule has 0 saturated carbocycles. The third-order valence-corrected chi connectivity index (χ3v) is 14.1. The Bertz CT molecular complexity index is 2480. The first-order valence-corrected chi connectivity index (χ1v) is 23.9. The highest BCUT2D eigenvalue weighted by Gasteiger charge is 2.40. The van der Waals surface area contributed by atoms with Crippen molar-refractivity contribution in [2.45, 2.75) is 110 Å². The summed E-state index contributed by atoms with van der Waals surface area (Å²) < 4.78 is 14.2. The van der Waals surface area contributed by atoms with Crippen molar-refractivity contribution in [1.82, 2.24) is 45.0 Å². The zero-order valence-corrected chi connectivity index (χ0v) is 40.6. The van der Waals surface area contributed by atoms with Crippen LogP contribution < -0.4 is 10.7 Å². The number of esters is 1. The largest absolute Gasteiger partial charge is 0.464 e. The summed E-state index contributed by atoms with van der Waals surface area (Å²) in [5, 5.41) is 8.09. The van der Waals surface area contributed by atoms with Crippen molar-refractivity contribution < 1.29 is 33.4 Å². The smallest absolute Gasteiger partial charge is 0.324 e. The Morgan fingerprint density at radius 1 is 1.14 bits per heavy atom. The summed E-state index contributed by atoms with van der Waals surface area (Å²) in [6.45, 7) is 17.6. The monoisotopic (exact) mass is 923 g/mol. The van der Waals surface area contributed by atoms with E-state index in [1.54, 1.807) is 37.2 Å². The van der Waals surface area contributed by atoms with E-state index in [0.717, 1.165) is 44.7 Å². The molecular weight excluding hydrogens is 859 g/mol. The van der Waals surface area contributed by atoms with Crippen molar-refractivity contribution in [1.29, 1.82) is 0 Å². The average Bonchev–Trinajstić information content (AvgIpc) is 4.07. The first-order chi connectivity index (χ1) is 31.5. The Morgan fingerprint density at radius 2 is 1.91 bits per heavy atom. The van der Waals surface area contributed by atoms with Gasteiger partial charge in [0.05, 0.1) is 40.8 Å². The molecule has 2 fully saturated rings. The zero-order valence-electron chi connectivity index (χ0n) is 39.8. The quantitative estimate of drug-likeness (QED) is 0.142. The number of likely N-dealkylation sites (tertiary alicyclic amines) is 1. The number of thiazole rings is 1. The second-order valence-corrected chi connectivity index (χ2v) is 19.8. The summed E-state index contributed by atoms with van der Waals surface area (Å²) in [6.07, 6.45) is 5.03. The van der Waals surface area contributed by atoms with Crippen LogP contribution in [0, 0.1) is 11.3 Å². The molecule has 1 unspecified atom stereocenters. The van der Waals surface area contributed by atoms with Gasteiger partial charge in [-0.15, -0.1) is 11.3 Å². The second kappa shape index (κ2) is 20.1. The zero-order chi connectivity index (χ0) is 47.6. The molecule has 3 aromatic heterocycles. The van der Waals surface area contributed by atoms with E-state index in [9.17, 15) is 24.0 Å². The molecule has 7 rings (SSSR count). The van der Waals surface area contributed by atoms with Gasteiger partial charge in [-0.1, -0.05) is 40.3 Å². The lowest BCUT2D eigenvalue weighted by atomic mass is 9.84. The van der Waals surface area contributed by atoms with E-state index in [2.05, 4.69) is 66.9 Å². The SMILES string of the molecule is C=CC(=O)N1CC[C@@H](N(C)C(=O)N(C)C(C(=O)N[C@H]2Cc3nc(cs3)-c3ccc4c(c3)c(c(-c3cccnc3[C@H](C)OC)n4CC)CC(C)(C)COC(=O)[C@@H]3CCCN(N3)C2=O)C(C)C)C1. The number of benzene rings is 1. The van der Waals surface area contributed by atoms with E-state index in [1.165, 1.54) is 27.3 Å². The number of fused-ring (bicyclic) bond motifs is 6. The van der Waals surface area contributed by atoms with E-state index in [0.29, 0.717) is 56.9 Å². The number of urea groups is 1. The van der Waals surface area contributed by atoms with Crippen molar-refractivity contribution in [3.8, 4) is 22.5 Å². The molecule has 2 N–H and O–H groups in total. The van der Waals surface area contributed by atoms with E-state index in [4.69, 9.17) is 19.4 Å². The molecule has 2 saturated heterocycles. The molecule has 6 bridgehead atoms. The van der Waals surface area contributed by atoms with Crippen LogP contribution >= 0.6 is 11.3 Å². The number of carbonyl (C=O) groups is 5. The molecule has 5 atom stereocenters. The van der Waals surface area contributed by atoms with E-state index in [-0.39, 0.29) is 43.0 Å². The normalized spacial score (nSPS) is 21.0. The van der Waals surface area contributed by atoms with Crippen LogP contribution in [-0.4, -0.2) is 136 Å². The number of aromatic nitrogens is 3. The molecule has 0 radical (unpaired) electrons. The minimum atomic E-state index is -1.09. The summed E-state index contributed by atoms with van der Waals surface area (Å²) in [4.78, 5) is 83.8. The lowest BCUT2D eigenvalue weighted by molar-refractivity contribution is -0.155. The number of cyclic esters (lactones) is 1. The Labute approximate surface area is 391 Å². The number of pyridine rings is 1. The summed E-state index contributed by atoms with van der Waals surface area (Å²) >= 11 is 1.40. The van der Waals surface area contributed by atoms with E-state index >= 15 is 0 Å². The van der Waals surface area contributed by atoms with E-state index in [1.807, 2.05) is 32.2 Å². The molecule has 5 amide bonds. The summed E-state index contributed by atoms with van der Waals surface area (Å²) in [5.41, 5.74) is 9.24. The highest BCUT2D eigenvalue weighted by Crippen LogP contribution is 2.42. The minimum Gasteiger partial charge on any atom is -0.464 e. The number of methoxy groups -OCH3 is 1. The summed E-state index contributed by atoms with van der Waals surface area (Å²) in [5.74, 6) is -1.91. The summed E-state index contributed by atoms with van der Waals surface area (Å²) in [6, 6.07) is 6.96. The van der Waals surface area contributed by atoms with Gasteiger partial charge in [0.25, 0.3) is 5.91 Å². The second-order valence-electron chi connectivity index (χ2n) is 18.9. The van der Waals surface area contributed by atoms with Gasteiger partial charge in [0.1, 0.15) is 18.1 Å². The van der Waals surface area contributed by atoms with Gasteiger partial charge in [0.15, 0.2) is 0 Å². The number of amides is 5. The van der Waals surface area contributed by atoms with Crippen molar-refractivity contribution in [2.75, 3.05) is 47.4 Å². The van der Waals surface area contributed by atoms with Gasteiger partial charge >= 0.3 is 12.0 Å². The third-order valence-electron chi connectivity index (χ3n) is 13.3. The van der Waals surface area contributed by atoms with E-state index < -0.39 is 41.3 Å². The van der Waals surface area contributed by atoms with Crippen LogP contribution in [0.1, 0.15) is 83.2 Å². The molecule has 3 aliphatic heterocycles. The van der Waals surface area contributed by atoms with Crippen LogP contribution in [-0.2, 0) is 48.0 Å². The van der Waals surface area contributed by atoms with Crippen LogP contribution in [0.2, 0.25) is 0 Å². The number of hydrogen-bond donors (Lipinski definition) is 2. The van der Waals surface area contributed by atoms with Crippen LogP contribution in [0.5, 0.6) is 0 Å². The van der Waals surface area contributed by atoms with Crippen LogP contribution in [0.25, 0.3) is 33.4 Å². The van der Waals surface area contributed by atoms with Gasteiger partial charge < -0.3 is 34.1 Å². The number of rotatable bonds is 10. The number of hydrazine groups is 1. The predicted molar refractivity (Wildman–Crippen MR) is 254 cm³/mol. The molecule has 66 heavy (non-hydrogen) atoms. The Morgan fingerprint density at radius 3 is 2.62 bits per heavy atom. The molecule has 0 aliphatic carbocycles. The fraction of sp³-hybridized carbons (Fsp3) is 0.531. The fourth-order valence-corrected chi connectivity index (χ4v) is 10.5. The molecule has 3 aliphatic rings. The van der Waals surface area contributed by atoms with Crippen molar-refractivity contribution in [3.63, 3.8) is 0 Å². The maximum absolute atomic E-state index is 14.6. The third kappa shape index (κ3) is 9.88. The van der Waals surface area contributed by atoms with Gasteiger partial charge in [0, 0.05) is 92.8 Å². The Balaban J connectivity index is 1.25. The molecule has 0 spiro atoms. The van der Waals surface area contributed by atoms with Gasteiger partial charge in [-0.2, -0.15) is 0 Å². The van der Waals surface area contributed by atoms with Crippen LogP contribution in [0.4, 0.5) is 4.79 Å². The maximum atomic E-state index is 14.6. The number of nitrogens with one attached hydrogen (secondary N) is 2. The van der Waals surface area contributed by atoms with Gasteiger partial charge in [0.2, 0.25) is 11.8 Å². The van der Waals surface area contributed by atoms with Gasteiger partial charge in [-0.05, 0) is 81.4 Å². The first-order valence-electron chi connectivity index (χ1n) is 23.0. The predicted octanol–water partition coefficient (Wildman–Crippen LogP) is 6.00. The first kappa shape index (κ1) is 48.3. The van der Waals surface area contributed by atoms with Crippen molar-refractivity contribution >= 4 is 52.0 Å². The standard InChI is InChI=1S/C49H65N9O7S/c1-11-41(59)56-22-19-32(26-56)54(8)48(63)55(9)43(29(3)4)45(60)52-37-24-40-51-38(27-66-40)31-17-18-39-34(23-31)35(44(57(39)12-2)33-15-13-20-50-42(33)30(5)64-10)25-49(6,7)28-65-47(62)36-16-14-21-58(53-36)46(37)61/h11,13,15,17-18,20,23,27,29-30,32,36-37,43,53H,1,12,14,16,19,21-22,24-26,28H2,2-10H3,(H,52,60)/t30-,32+,36-,37-,43?/m0/s1. The number of ether oxygens (including phenoxy) is 2. The summed E-state index contributed by atoms with van der Waals surface area (Å²) in [7, 11) is 4.95. The molecule has 6 heterocycles. The van der Waals surface area contributed by atoms with Crippen molar-refractivity contribution in [2.24, 2.45) is 11.3 Å². The molecule has 1 aromatic carbocycles. The molecule has 17 heteroatoms. The van der Waals surface area contributed by atoms with Crippen molar-refractivity contribution in [3.05, 3.63) is 70.8 Å². The van der Waals surface area contributed by atoms with Gasteiger partial charge in [-0.3, -0.25) is 29.2 Å². The fourth-order valence-electron chi connectivity index (χ4n) is 9.66. The molecule has 16 nitrogen and oxygen atoms in total. The number of nitrogens with zero attached hydrogens (tertiary/aromatic N) is 7. The Kier molecular flexibility index (Phi) is 14.7. The van der Waals surface area contributed by atoms with Crippen LogP contribution in [0.15, 0.2) is 54.6 Å². The minimum absolute atomic E-state index is 0.0691. The molecule has 4 aromatic rings. The highest BCUT2D eigenvalue weighted by molar-refractivity contribution is 7.10. The number of likely N-dealkylation sites (N-methyl/N-ethyl adjacent to an activating group) is 2. The average molecular weight is 924 g/mol. The number of hydrogen-bond acceptors (Lipinski definition) is 11. The lowest BCUT2D eigenvalue weighted by Gasteiger charge is -2.37. The molecule has 354 valence electrons. The highest BCUT2D eigenvalue weighted by atomic mass is 32.1. The van der Waals surface area contributed by atoms with Crippen LogP contribution in [0.3, 0.4) is 0 Å². The molecular formula is C49H65N9O7S. The van der Waals surface area contributed by atoms with Gasteiger partial charge in [-0.25, -0.2) is 15.2 Å². The Hall–Kier alpha value is -5.65. The lowest BCUT2D eigenvalue weighted by Crippen LogP contribution is -2.62. The number of carbonyl (C=O) groups excluding carboxylic acids is 5. The maximum Gasteiger partial charge on any atom is 0.324 e. The topological polar surface area (TPSA) is 172 Å². The number of aryl methyl sites for hydroxylation is 1.